The number of nitrogens with zero attached hydrogens (tertiary/aromatic N) is 3. The van der Waals surface area contributed by atoms with Gasteiger partial charge in [0.05, 0.1) is 24.7 Å². The minimum absolute atomic E-state index is 0.0147. The average molecular weight is 363 g/mol. The van der Waals surface area contributed by atoms with E-state index in [4.69, 9.17) is 16.3 Å². The number of rotatable bonds is 3. The zero-order valence-corrected chi connectivity index (χ0v) is 14.6. The van der Waals surface area contributed by atoms with E-state index in [1.54, 1.807) is 17.0 Å². The fourth-order valence-corrected chi connectivity index (χ4v) is 3.08. The highest BCUT2D eigenvalue weighted by Gasteiger charge is 2.25. The first kappa shape index (κ1) is 17.3. The van der Waals surface area contributed by atoms with E-state index in [-0.39, 0.29) is 17.2 Å². The number of carbonyl (C=O) groups excluding carboxylic acids is 1. The number of ether oxygens (including phenoxy) is 1. The molecule has 0 saturated carbocycles. The molecular weight excluding hydrogens is 344 g/mol. The van der Waals surface area contributed by atoms with E-state index in [2.05, 4.69) is 10.4 Å². The molecule has 1 aliphatic heterocycles. The van der Waals surface area contributed by atoms with Crippen LogP contribution in [0.2, 0.25) is 5.02 Å². The lowest BCUT2D eigenvalue weighted by Crippen LogP contribution is -2.45. The Labute approximate surface area is 150 Å². The molecule has 1 aromatic carbocycles. The maximum absolute atomic E-state index is 12.5. The first-order valence-electron chi connectivity index (χ1n) is 8.03. The normalized spacial score (nSPS) is 17.2. The minimum atomic E-state index is -0.390. The summed E-state index contributed by atoms with van der Waals surface area (Å²) in [6, 6.07) is 9.07. The highest BCUT2D eigenvalue weighted by molar-refractivity contribution is 6.33. The minimum Gasteiger partial charge on any atom is -0.453 e. The molecule has 2 aromatic rings. The van der Waals surface area contributed by atoms with Crippen molar-refractivity contribution in [3.63, 3.8) is 0 Å². The predicted octanol–water partition coefficient (Wildman–Crippen LogP) is 2.53. The second kappa shape index (κ2) is 7.57. The van der Waals surface area contributed by atoms with Gasteiger partial charge in [-0.25, -0.2) is 4.79 Å². The van der Waals surface area contributed by atoms with Crippen molar-refractivity contribution in [2.24, 2.45) is 0 Å². The van der Waals surface area contributed by atoms with E-state index in [0.29, 0.717) is 24.5 Å². The number of nitrogens with one attached hydrogen (secondary N) is 1. The summed E-state index contributed by atoms with van der Waals surface area (Å²) in [5.74, 6) is 0. The average Bonchev–Trinajstić information content (AvgIpc) is 2.66. The van der Waals surface area contributed by atoms with Crippen molar-refractivity contribution >= 4 is 23.4 Å². The van der Waals surface area contributed by atoms with Crippen LogP contribution in [-0.4, -0.2) is 47.0 Å². The number of methoxy groups -OCH3 is 1. The van der Waals surface area contributed by atoms with E-state index in [1.807, 2.05) is 18.2 Å². The number of aromatic nitrogens is 2. The first-order valence-corrected chi connectivity index (χ1v) is 8.40. The Kier molecular flexibility index (Phi) is 5.23. The van der Waals surface area contributed by atoms with Gasteiger partial charge >= 0.3 is 6.09 Å². The van der Waals surface area contributed by atoms with Crippen molar-refractivity contribution in [2.45, 2.75) is 18.9 Å². The molecule has 1 amide bonds. The van der Waals surface area contributed by atoms with Crippen LogP contribution in [0.25, 0.3) is 5.69 Å². The summed E-state index contributed by atoms with van der Waals surface area (Å²) in [5.41, 5.74) is 0.726. The molecule has 132 valence electrons. The Morgan fingerprint density at radius 3 is 2.84 bits per heavy atom. The van der Waals surface area contributed by atoms with Crippen LogP contribution in [0.5, 0.6) is 0 Å². The molecular formula is C17H19ClN4O3. The number of para-hydroxylation sites is 1. The summed E-state index contributed by atoms with van der Waals surface area (Å²) in [6.45, 7) is 1.15. The van der Waals surface area contributed by atoms with Crippen LogP contribution in [0.15, 0.2) is 41.3 Å². The van der Waals surface area contributed by atoms with Crippen LogP contribution in [0.1, 0.15) is 12.8 Å². The zero-order chi connectivity index (χ0) is 17.8. The van der Waals surface area contributed by atoms with Gasteiger partial charge in [0, 0.05) is 19.1 Å². The van der Waals surface area contributed by atoms with Crippen molar-refractivity contribution < 1.29 is 9.53 Å². The number of hydrogen-bond acceptors (Lipinski definition) is 5. The van der Waals surface area contributed by atoms with Crippen molar-refractivity contribution in [3.8, 4) is 5.69 Å². The molecule has 8 heteroatoms. The van der Waals surface area contributed by atoms with Crippen molar-refractivity contribution in [2.75, 3.05) is 25.5 Å². The van der Waals surface area contributed by atoms with Crippen LogP contribution in [-0.2, 0) is 4.74 Å². The molecule has 1 unspecified atom stereocenters. The van der Waals surface area contributed by atoms with Crippen molar-refractivity contribution in [1.29, 1.82) is 0 Å². The van der Waals surface area contributed by atoms with Gasteiger partial charge in [-0.1, -0.05) is 29.8 Å². The largest absolute Gasteiger partial charge is 0.453 e. The fraction of sp³-hybridized carbons (Fsp3) is 0.353. The lowest BCUT2D eigenvalue weighted by atomic mass is 10.1. The molecule has 1 fully saturated rings. The number of amides is 1. The second-order valence-electron chi connectivity index (χ2n) is 5.82. The molecule has 25 heavy (non-hydrogen) atoms. The standard InChI is InChI=1S/C17H19ClN4O3/c1-25-17(24)21-9-5-6-12(11-21)20-14-10-19-22(16(23)15(14)18)13-7-3-2-4-8-13/h2-4,7-8,10,12,20H,5-6,9,11H2,1H3. The quantitative estimate of drug-likeness (QED) is 0.908. The number of likely N-dealkylation sites (tertiary alicyclic amines) is 1. The van der Waals surface area contributed by atoms with Gasteiger partial charge in [-0.05, 0) is 25.0 Å². The predicted molar refractivity (Wildman–Crippen MR) is 95.5 cm³/mol. The first-order chi connectivity index (χ1) is 12.1. The molecule has 1 N–H and O–H groups in total. The number of hydrogen-bond donors (Lipinski definition) is 1. The summed E-state index contributed by atoms with van der Waals surface area (Å²) in [5, 5.41) is 7.50. The Morgan fingerprint density at radius 2 is 2.12 bits per heavy atom. The lowest BCUT2D eigenvalue weighted by molar-refractivity contribution is 0.113. The van der Waals surface area contributed by atoms with Crippen LogP contribution in [0.4, 0.5) is 10.5 Å². The Balaban J connectivity index is 1.79. The van der Waals surface area contributed by atoms with Gasteiger partial charge in [0.1, 0.15) is 5.02 Å². The van der Waals surface area contributed by atoms with Crippen molar-refractivity contribution in [3.05, 3.63) is 51.9 Å². The molecule has 0 spiro atoms. The molecule has 0 bridgehead atoms. The Morgan fingerprint density at radius 1 is 1.36 bits per heavy atom. The van der Waals surface area contributed by atoms with Crippen LogP contribution in [0, 0.1) is 0 Å². The molecule has 7 nitrogen and oxygen atoms in total. The maximum atomic E-state index is 12.5. The lowest BCUT2D eigenvalue weighted by Gasteiger charge is -2.32. The monoisotopic (exact) mass is 362 g/mol. The SMILES string of the molecule is COC(=O)N1CCCC(Nc2cnn(-c3ccccc3)c(=O)c2Cl)C1. The van der Waals surface area contributed by atoms with Gasteiger partial charge in [0.2, 0.25) is 0 Å². The van der Waals surface area contributed by atoms with Crippen LogP contribution >= 0.6 is 11.6 Å². The van der Waals surface area contributed by atoms with Crippen LogP contribution < -0.4 is 10.9 Å². The zero-order valence-electron chi connectivity index (χ0n) is 13.8. The van der Waals surface area contributed by atoms with Crippen LogP contribution in [0.3, 0.4) is 0 Å². The Hall–Kier alpha value is -2.54. The van der Waals surface area contributed by atoms with Gasteiger partial charge in [0.25, 0.3) is 5.56 Å². The molecule has 1 aliphatic rings. The van der Waals surface area contributed by atoms with Gasteiger partial charge in [-0.3, -0.25) is 4.79 Å². The molecule has 1 atom stereocenters. The van der Waals surface area contributed by atoms with E-state index in [9.17, 15) is 9.59 Å². The highest BCUT2D eigenvalue weighted by atomic mass is 35.5. The smallest absolute Gasteiger partial charge is 0.409 e. The molecule has 0 aliphatic carbocycles. The number of benzene rings is 1. The summed E-state index contributed by atoms with van der Waals surface area (Å²) < 4.78 is 6.02. The summed E-state index contributed by atoms with van der Waals surface area (Å²) in [4.78, 5) is 25.8. The molecule has 3 rings (SSSR count). The number of carbonyl (C=O) groups is 1. The molecule has 2 heterocycles. The third-order valence-corrected chi connectivity index (χ3v) is 4.50. The third-order valence-electron chi connectivity index (χ3n) is 4.13. The molecule has 1 aromatic heterocycles. The summed E-state index contributed by atoms with van der Waals surface area (Å²) in [7, 11) is 1.36. The highest BCUT2D eigenvalue weighted by Crippen LogP contribution is 2.21. The number of halogens is 1. The Bertz CT molecular complexity index is 809. The number of piperidine rings is 1. The topological polar surface area (TPSA) is 76.5 Å². The summed E-state index contributed by atoms with van der Waals surface area (Å²) in [6.07, 6.45) is 2.90. The van der Waals surface area contributed by atoms with E-state index in [0.717, 1.165) is 12.8 Å². The fourth-order valence-electron chi connectivity index (χ4n) is 2.90. The molecule has 0 radical (unpaired) electrons. The third kappa shape index (κ3) is 3.76. The number of anilines is 1. The van der Waals surface area contributed by atoms with Gasteiger partial charge < -0.3 is 15.0 Å². The van der Waals surface area contributed by atoms with E-state index in [1.165, 1.54) is 18.0 Å². The second-order valence-corrected chi connectivity index (χ2v) is 6.20. The maximum Gasteiger partial charge on any atom is 0.409 e. The van der Waals surface area contributed by atoms with E-state index < -0.39 is 5.56 Å². The van der Waals surface area contributed by atoms with Gasteiger partial charge in [-0.2, -0.15) is 9.78 Å². The molecule has 1 saturated heterocycles. The van der Waals surface area contributed by atoms with Gasteiger partial charge in [0.15, 0.2) is 0 Å². The van der Waals surface area contributed by atoms with Crippen molar-refractivity contribution in [1.82, 2.24) is 14.7 Å². The summed E-state index contributed by atoms with van der Waals surface area (Å²) >= 11 is 6.25. The van der Waals surface area contributed by atoms with Gasteiger partial charge in [-0.15, -0.1) is 0 Å². The van der Waals surface area contributed by atoms with E-state index >= 15 is 0 Å².